The molecule has 0 radical (unpaired) electrons. The van der Waals surface area contributed by atoms with Crippen LogP contribution in [0.2, 0.25) is 0 Å². The Hall–Kier alpha value is -1.30. The summed E-state index contributed by atoms with van der Waals surface area (Å²) < 4.78 is 5.17. The molecule has 1 atom stereocenters. The highest BCUT2D eigenvalue weighted by molar-refractivity contribution is 5.85. The van der Waals surface area contributed by atoms with Crippen LogP contribution in [0.3, 0.4) is 0 Å². The average Bonchev–Trinajstić information content (AvgIpc) is 2.22. The molecule has 2 amide bonds. The van der Waals surface area contributed by atoms with Gasteiger partial charge in [0, 0.05) is 13.1 Å². The van der Waals surface area contributed by atoms with Gasteiger partial charge in [-0.25, -0.2) is 4.79 Å². The Kier molecular flexibility index (Phi) is 7.57. The lowest BCUT2D eigenvalue weighted by atomic mass is 10.0. The van der Waals surface area contributed by atoms with Crippen molar-refractivity contribution in [2.45, 2.75) is 46.3 Å². The molecule has 2 N–H and O–H groups in total. The molecule has 0 aliphatic carbocycles. The molecule has 0 fully saturated rings. The Bertz CT molecular complexity index is 322. The van der Waals surface area contributed by atoms with E-state index < -0.39 is 17.7 Å². The van der Waals surface area contributed by atoms with Crippen molar-refractivity contribution in [3.8, 4) is 0 Å². The molecule has 0 aromatic carbocycles. The Morgan fingerprint density at radius 1 is 1.20 bits per heavy atom. The van der Waals surface area contributed by atoms with E-state index >= 15 is 0 Å². The lowest BCUT2D eigenvalue weighted by molar-refractivity contribution is -0.124. The number of ether oxygens (including phenoxy) is 1. The molecule has 0 bridgehead atoms. The number of hydrogen-bond acceptors (Lipinski definition) is 4. The topological polar surface area (TPSA) is 70.7 Å². The van der Waals surface area contributed by atoms with E-state index in [1.165, 1.54) is 0 Å². The molecule has 0 saturated heterocycles. The van der Waals surface area contributed by atoms with Crippen LogP contribution in [-0.4, -0.2) is 55.7 Å². The second-order valence-corrected chi connectivity index (χ2v) is 6.46. The number of hydrogen-bond donors (Lipinski definition) is 2. The van der Waals surface area contributed by atoms with Crippen molar-refractivity contribution in [2.24, 2.45) is 5.92 Å². The highest BCUT2D eigenvalue weighted by atomic mass is 16.6. The largest absolute Gasteiger partial charge is 0.444 e. The number of nitrogens with one attached hydrogen (secondary N) is 2. The van der Waals surface area contributed by atoms with Crippen LogP contribution in [0.15, 0.2) is 0 Å². The molecule has 6 nitrogen and oxygen atoms in total. The summed E-state index contributed by atoms with van der Waals surface area (Å²) in [4.78, 5) is 25.8. The summed E-state index contributed by atoms with van der Waals surface area (Å²) in [5.74, 6) is -0.199. The maximum atomic E-state index is 12.1. The van der Waals surface area contributed by atoms with Crippen molar-refractivity contribution in [3.05, 3.63) is 0 Å². The van der Waals surface area contributed by atoms with Crippen LogP contribution in [0.1, 0.15) is 34.6 Å². The monoisotopic (exact) mass is 287 g/mol. The lowest BCUT2D eigenvalue weighted by Crippen LogP contribution is -2.51. The fourth-order valence-electron chi connectivity index (χ4n) is 1.48. The van der Waals surface area contributed by atoms with Crippen LogP contribution in [0.5, 0.6) is 0 Å². The summed E-state index contributed by atoms with van der Waals surface area (Å²) in [6.45, 7) is 10.4. The lowest BCUT2D eigenvalue weighted by Gasteiger charge is -2.25. The minimum absolute atomic E-state index is 0.0122. The van der Waals surface area contributed by atoms with Crippen molar-refractivity contribution >= 4 is 12.0 Å². The molecule has 0 unspecified atom stereocenters. The highest BCUT2D eigenvalue weighted by Crippen LogP contribution is 2.08. The quantitative estimate of drug-likeness (QED) is 0.770. The van der Waals surface area contributed by atoms with Crippen molar-refractivity contribution in [1.29, 1.82) is 0 Å². The molecule has 0 spiro atoms. The van der Waals surface area contributed by atoms with E-state index in [-0.39, 0.29) is 11.8 Å². The number of alkyl carbamates (subject to hydrolysis) is 1. The van der Waals surface area contributed by atoms with Crippen molar-refractivity contribution in [3.63, 3.8) is 0 Å². The van der Waals surface area contributed by atoms with Crippen LogP contribution < -0.4 is 10.6 Å². The van der Waals surface area contributed by atoms with Crippen LogP contribution >= 0.6 is 0 Å². The Balaban J connectivity index is 4.42. The van der Waals surface area contributed by atoms with E-state index in [1.807, 2.05) is 32.8 Å². The molecule has 0 saturated carbocycles. The molecule has 0 aliphatic heterocycles. The average molecular weight is 287 g/mol. The van der Waals surface area contributed by atoms with E-state index in [1.54, 1.807) is 20.8 Å². The first-order valence-corrected chi connectivity index (χ1v) is 6.95. The third-order valence-electron chi connectivity index (χ3n) is 2.48. The number of rotatable bonds is 6. The van der Waals surface area contributed by atoms with Gasteiger partial charge in [0.1, 0.15) is 11.6 Å². The Morgan fingerprint density at radius 3 is 2.15 bits per heavy atom. The van der Waals surface area contributed by atoms with Crippen LogP contribution in [0, 0.1) is 5.92 Å². The molecule has 0 rings (SSSR count). The van der Waals surface area contributed by atoms with Gasteiger partial charge in [-0.3, -0.25) is 4.79 Å². The van der Waals surface area contributed by atoms with Gasteiger partial charge < -0.3 is 20.3 Å². The van der Waals surface area contributed by atoms with Gasteiger partial charge >= 0.3 is 6.09 Å². The first-order chi connectivity index (χ1) is 9.03. The second kappa shape index (κ2) is 8.09. The zero-order valence-corrected chi connectivity index (χ0v) is 13.7. The van der Waals surface area contributed by atoms with Crippen LogP contribution in [0.25, 0.3) is 0 Å². The molecule has 0 aliphatic rings. The maximum Gasteiger partial charge on any atom is 0.408 e. The predicted octanol–water partition coefficient (Wildman–Crippen LogP) is 1.21. The smallest absolute Gasteiger partial charge is 0.408 e. The van der Waals surface area contributed by atoms with Gasteiger partial charge in [0.05, 0.1) is 0 Å². The fraction of sp³-hybridized carbons (Fsp3) is 0.857. The number of carbonyl (C=O) groups excluding carboxylic acids is 2. The van der Waals surface area contributed by atoms with Gasteiger partial charge in [0.2, 0.25) is 5.91 Å². The normalized spacial score (nSPS) is 13.2. The molecular formula is C14H29N3O3. The number of carbonyl (C=O) groups is 2. The van der Waals surface area contributed by atoms with Gasteiger partial charge in [-0.1, -0.05) is 13.8 Å². The fourth-order valence-corrected chi connectivity index (χ4v) is 1.48. The molecule has 20 heavy (non-hydrogen) atoms. The SMILES string of the molecule is CC(C)[C@H](NC(=O)OC(C)(C)C)C(=O)NCCN(C)C. The number of likely N-dealkylation sites (N-methyl/N-ethyl adjacent to an activating group) is 1. The minimum atomic E-state index is -0.591. The number of amides is 2. The van der Waals surface area contributed by atoms with Crippen molar-refractivity contribution < 1.29 is 14.3 Å². The van der Waals surface area contributed by atoms with Crippen LogP contribution in [0.4, 0.5) is 4.79 Å². The zero-order valence-electron chi connectivity index (χ0n) is 13.7. The van der Waals surface area contributed by atoms with Gasteiger partial charge in [-0.05, 0) is 40.8 Å². The van der Waals surface area contributed by atoms with Gasteiger partial charge in [-0.15, -0.1) is 0 Å². The molecule has 6 heteroatoms. The molecular weight excluding hydrogens is 258 g/mol. The summed E-state index contributed by atoms with van der Waals surface area (Å²) in [7, 11) is 3.87. The summed E-state index contributed by atoms with van der Waals surface area (Å²) in [5.41, 5.74) is -0.576. The second-order valence-electron chi connectivity index (χ2n) is 6.46. The highest BCUT2D eigenvalue weighted by Gasteiger charge is 2.26. The zero-order chi connectivity index (χ0) is 15.9. The maximum absolute atomic E-state index is 12.1. The van der Waals surface area contributed by atoms with E-state index in [9.17, 15) is 9.59 Å². The summed E-state index contributed by atoms with van der Waals surface area (Å²) in [5, 5.41) is 5.44. The van der Waals surface area contributed by atoms with E-state index in [2.05, 4.69) is 10.6 Å². The van der Waals surface area contributed by atoms with Crippen LogP contribution in [-0.2, 0) is 9.53 Å². The summed E-state index contributed by atoms with van der Waals surface area (Å²) in [6.07, 6.45) is -0.570. The summed E-state index contributed by atoms with van der Waals surface area (Å²) >= 11 is 0. The molecule has 0 heterocycles. The van der Waals surface area contributed by atoms with Gasteiger partial charge in [0.15, 0.2) is 0 Å². The number of nitrogens with zero attached hydrogens (tertiary/aromatic N) is 1. The van der Waals surface area contributed by atoms with Gasteiger partial charge in [-0.2, -0.15) is 0 Å². The molecule has 0 aromatic heterocycles. The third kappa shape index (κ3) is 8.74. The summed E-state index contributed by atoms with van der Waals surface area (Å²) in [6, 6.07) is -0.591. The van der Waals surface area contributed by atoms with Crippen molar-refractivity contribution in [1.82, 2.24) is 15.5 Å². The van der Waals surface area contributed by atoms with Crippen molar-refractivity contribution in [2.75, 3.05) is 27.2 Å². The molecule has 118 valence electrons. The predicted molar refractivity (Wildman–Crippen MR) is 79.6 cm³/mol. The molecule has 0 aromatic rings. The standard InChI is InChI=1S/C14H29N3O3/c1-10(2)11(12(18)15-8-9-17(6)7)16-13(19)20-14(3,4)5/h10-11H,8-9H2,1-7H3,(H,15,18)(H,16,19)/t11-/m0/s1. The third-order valence-corrected chi connectivity index (χ3v) is 2.48. The van der Waals surface area contributed by atoms with E-state index in [0.717, 1.165) is 6.54 Å². The Labute approximate surface area is 122 Å². The first-order valence-electron chi connectivity index (χ1n) is 6.95. The van der Waals surface area contributed by atoms with E-state index in [0.29, 0.717) is 6.54 Å². The van der Waals surface area contributed by atoms with Gasteiger partial charge in [0.25, 0.3) is 0 Å². The minimum Gasteiger partial charge on any atom is -0.444 e. The Morgan fingerprint density at radius 2 is 1.75 bits per heavy atom. The first kappa shape index (κ1) is 18.7. The van der Waals surface area contributed by atoms with E-state index in [4.69, 9.17) is 4.74 Å².